The highest BCUT2D eigenvalue weighted by atomic mass is 35.5. The summed E-state index contributed by atoms with van der Waals surface area (Å²) >= 11 is 6.69. The lowest BCUT2D eigenvalue weighted by Crippen LogP contribution is -2.44. The number of halogens is 1. The van der Waals surface area contributed by atoms with E-state index in [1.807, 2.05) is 44.4 Å². The number of fused-ring (bicyclic) bond motifs is 1. The van der Waals surface area contributed by atoms with Crippen LogP contribution in [-0.4, -0.2) is 19.4 Å². The Bertz CT molecular complexity index is 1400. The maximum atomic E-state index is 9.74. The van der Waals surface area contributed by atoms with Gasteiger partial charge in [-0.3, -0.25) is 4.98 Å². The Morgan fingerprint density at radius 1 is 1.14 bits per heavy atom. The highest BCUT2D eigenvalue weighted by molar-refractivity contribution is 6.36. The standard InChI is InChI=1S/C25H26BClN8/c1-24(2,3)14-31-22-16(11-29)12-30-23-19(22)8-18(9-20(23)27)33-25(26,21-13-32-35-34-21)17-6-4-5-15(7-17)10-28/h4-9,12-13,32-35H,14,26H2,1-3H3,(H,30,31). The lowest BCUT2D eigenvalue weighted by atomic mass is 9.69. The SMILES string of the molecule is BC(Nc1cc(Cl)c2ncc(C#N)c(NCC(C)(C)C)c2c1)(C1=CNNN1)c1cccc(C#N)c1. The maximum absolute atomic E-state index is 9.74. The van der Waals surface area contributed by atoms with Gasteiger partial charge in [0.2, 0.25) is 0 Å². The molecule has 0 radical (unpaired) electrons. The van der Waals surface area contributed by atoms with Crippen molar-refractivity contribution < 1.29 is 0 Å². The van der Waals surface area contributed by atoms with Crippen molar-refractivity contribution in [1.82, 2.24) is 21.4 Å². The van der Waals surface area contributed by atoms with Gasteiger partial charge in [0.25, 0.3) is 0 Å². The number of hydrogen-bond donors (Lipinski definition) is 5. The van der Waals surface area contributed by atoms with Crippen molar-refractivity contribution >= 4 is 41.7 Å². The number of aromatic nitrogens is 1. The Hall–Kier alpha value is -3.92. The van der Waals surface area contributed by atoms with E-state index in [9.17, 15) is 10.5 Å². The molecule has 1 aromatic heterocycles. The Balaban J connectivity index is 1.85. The summed E-state index contributed by atoms with van der Waals surface area (Å²) in [5.41, 5.74) is 13.0. The van der Waals surface area contributed by atoms with Gasteiger partial charge in [-0.2, -0.15) is 16.1 Å². The first-order chi connectivity index (χ1) is 16.6. The second-order valence-corrected chi connectivity index (χ2v) is 10.2. The zero-order chi connectivity index (χ0) is 25.2. The van der Waals surface area contributed by atoms with Crippen LogP contribution < -0.4 is 27.0 Å². The van der Waals surface area contributed by atoms with Crippen molar-refractivity contribution in [3.8, 4) is 12.1 Å². The minimum atomic E-state index is -0.750. The van der Waals surface area contributed by atoms with Gasteiger partial charge < -0.3 is 21.5 Å². The average Bonchev–Trinajstić information content (AvgIpc) is 3.37. The monoisotopic (exact) mass is 484 g/mol. The van der Waals surface area contributed by atoms with Gasteiger partial charge in [0.05, 0.1) is 44.6 Å². The quantitative estimate of drug-likeness (QED) is 0.337. The average molecular weight is 485 g/mol. The summed E-state index contributed by atoms with van der Waals surface area (Å²) in [6.45, 7) is 7.05. The van der Waals surface area contributed by atoms with Crippen LogP contribution in [0, 0.1) is 28.1 Å². The molecule has 4 rings (SSSR count). The first kappa shape index (κ1) is 24.2. The van der Waals surface area contributed by atoms with Crippen molar-refractivity contribution in [3.63, 3.8) is 0 Å². The Kier molecular flexibility index (Phi) is 6.49. The zero-order valence-corrected chi connectivity index (χ0v) is 20.8. The van der Waals surface area contributed by atoms with Gasteiger partial charge >= 0.3 is 0 Å². The third-order valence-electron chi connectivity index (χ3n) is 5.83. The van der Waals surface area contributed by atoms with Gasteiger partial charge in [-0.1, -0.05) is 44.5 Å². The lowest BCUT2D eigenvalue weighted by molar-refractivity contribution is 0.443. The number of nitrogens with one attached hydrogen (secondary N) is 5. The highest BCUT2D eigenvalue weighted by Gasteiger charge is 2.33. The Labute approximate surface area is 210 Å². The number of nitrogens with zero attached hydrogens (tertiary/aromatic N) is 3. The van der Waals surface area contributed by atoms with Crippen LogP contribution in [0.2, 0.25) is 5.02 Å². The largest absolute Gasteiger partial charge is 0.383 e. The van der Waals surface area contributed by atoms with Crippen LogP contribution in [0.5, 0.6) is 0 Å². The smallest absolute Gasteiger partial charge is 0.148 e. The Morgan fingerprint density at radius 2 is 1.94 bits per heavy atom. The number of benzene rings is 2. The van der Waals surface area contributed by atoms with Crippen LogP contribution in [0.1, 0.15) is 37.5 Å². The van der Waals surface area contributed by atoms with Crippen LogP contribution in [0.3, 0.4) is 0 Å². The van der Waals surface area contributed by atoms with Crippen molar-refractivity contribution in [1.29, 1.82) is 10.5 Å². The molecule has 0 amide bonds. The third-order valence-corrected chi connectivity index (χ3v) is 6.12. The molecule has 35 heavy (non-hydrogen) atoms. The van der Waals surface area contributed by atoms with E-state index in [0.29, 0.717) is 33.9 Å². The molecule has 0 spiro atoms. The maximum Gasteiger partial charge on any atom is 0.148 e. The molecule has 2 aromatic carbocycles. The van der Waals surface area contributed by atoms with E-state index in [0.717, 1.165) is 22.3 Å². The molecule has 0 saturated heterocycles. The first-order valence-corrected chi connectivity index (χ1v) is 11.5. The molecule has 2 heterocycles. The van der Waals surface area contributed by atoms with Crippen LogP contribution in [0.25, 0.3) is 10.9 Å². The summed E-state index contributed by atoms with van der Waals surface area (Å²) in [6.07, 6.45) is 3.37. The molecule has 0 fully saturated rings. The Morgan fingerprint density at radius 3 is 2.60 bits per heavy atom. The van der Waals surface area contributed by atoms with Gasteiger partial charge in [-0.15, -0.1) is 0 Å². The molecule has 10 heteroatoms. The number of nitriles is 2. The summed E-state index contributed by atoms with van der Waals surface area (Å²) in [5.74, 6) is 0. The van der Waals surface area contributed by atoms with E-state index in [1.165, 1.54) is 0 Å². The van der Waals surface area contributed by atoms with E-state index >= 15 is 0 Å². The fraction of sp³-hybridized carbons (Fsp3) is 0.240. The molecule has 0 bridgehead atoms. The molecule has 1 aliphatic rings. The molecular weight excluding hydrogens is 459 g/mol. The first-order valence-electron chi connectivity index (χ1n) is 11.2. The molecule has 176 valence electrons. The second kappa shape index (κ2) is 9.38. The lowest BCUT2D eigenvalue weighted by Gasteiger charge is -2.34. The summed E-state index contributed by atoms with van der Waals surface area (Å²) in [4.78, 5) is 4.45. The molecule has 3 aromatic rings. The summed E-state index contributed by atoms with van der Waals surface area (Å²) < 4.78 is 0. The zero-order valence-electron chi connectivity index (χ0n) is 20.0. The number of rotatable bonds is 6. The molecule has 5 N–H and O–H groups in total. The molecular formula is C25H26BClN8. The normalized spacial score (nSPS) is 14.6. The number of pyridine rings is 1. The van der Waals surface area contributed by atoms with E-state index < -0.39 is 5.44 Å². The molecule has 8 nitrogen and oxygen atoms in total. The highest BCUT2D eigenvalue weighted by Crippen LogP contribution is 2.37. The van der Waals surface area contributed by atoms with Crippen LogP contribution in [-0.2, 0) is 5.44 Å². The molecule has 0 aliphatic carbocycles. The molecule has 1 aliphatic heterocycles. The van der Waals surface area contributed by atoms with Crippen molar-refractivity contribution in [2.75, 3.05) is 17.2 Å². The van der Waals surface area contributed by atoms with Crippen LogP contribution in [0.4, 0.5) is 11.4 Å². The number of hydrogen-bond acceptors (Lipinski definition) is 8. The molecule has 1 atom stereocenters. The third kappa shape index (κ3) is 4.97. The van der Waals surface area contributed by atoms with Gasteiger partial charge in [-0.05, 0) is 35.2 Å². The van der Waals surface area contributed by atoms with Gasteiger partial charge in [0.15, 0.2) is 0 Å². The fourth-order valence-electron chi connectivity index (χ4n) is 3.96. The summed E-state index contributed by atoms with van der Waals surface area (Å²) in [7, 11) is 2.01. The second-order valence-electron chi connectivity index (χ2n) is 9.82. The van der Waals surface area contributed by atoms with Crippen molar-refractivity contribution in [2.24, 2.45) is 5.41 Å². The van der Waals surface area contributed by atoms with E-state index in [1.54, 1.807) is 12.3 Å². The van der Waals surface area contributed by atoms with Gasteiger partial charge in [0, 0.05) is 30.0 Å². The minimum Gasteiger partial charge on any atom is -0.383 e. The van der Waals surface area contributed by atoms with Crippen molar-refractivity contribution in [2.45, 2.75) is 26.2 Å². The van der Waals surface area contributed by atoms with E-state index in [4.69, 9.17) is 11.6 Å². The van der Waals surface area contributed by atoms with Crippen molar-refractivity contribution in [3.05, 3.63) is 76.2 Å². The van der Waals surface area contributed by atoms with Crippen LogP contribution >= 0.6 is 11.6 Å². The topological polar surface area (TPSA) is 121 Å². The summed E-state index contributed by atoms with van der Waals surface area (Å²) in [6, 6.07) is 15.6. The summed E-state index contributed by atoms with van der Waals surface area (Å²) in [5, 5.41) is 27.4. The van der Waals surface area contributed by atoms with E-state index in [2.05, 4.69) is 64.9 Å². The minimum absolute atomic E-state index is 0.00687. The van der Waals surface area contributed by atoms with Gasteiger partial charge in [-0.25, -0.2) is 0 Å². The number of hydrazine groups is 2. The van der Waals surface area contributed by atoms with Gasteiger partial charge in [0.1, 0.15) is 13.9 Å². The molecule has 0 saturated carbocycles. The molecule has 1 unspecified atom stereocenters. The predicted molar refractivity (Wildman–Crippen MR) is 142 cm³/mol. The fourth-order valence-corrected chi connectivity index (χ4v) is 4.23. The van der Waals surface area contributed by atoms with Crippen LogP contribution in [0.15, 0.2) is 54.5 Å². The number of anilines is 2. The van der Waals surface area contributed by atoms with E-state index in [-0.39, 0.29) is 5.41 Å². The predicted octanol–water partition coefficient (Wildman–Crippen LogP) is 3.44.